The molecule has 150 valence electrons. The maximum absolute atomic E-state index is 12.3. The molecule has 1 saturated heterocycles. The van der Waals surface area contributed by atoms with E-state index < -0.39 is 23.8 Å². The third-order valence-electron chi connectivity index (χ3n) is 3.95. The number of hydrazone groups is 1. The number of ketones is 1. The summed E-state index contributed by atoms with van der Waals surface area (Å²) in [6, 6.07) is -1.06. The number of halogens is 1. The van der Waals surface area contributed by atoms with Crippen molar-refractivity contribution in [2.75, 3.05) is 19.3 Å². The van der Waals surface area contributed by atoms with E-state index in [1.165, 1.54) is 11.8 Å². The quantitative estimate of drug-likeness (QED) is 0.398. The van der Waals surface area contributed by atoms with E-state index in [1.807, 2.05) is 18.9 Å². The van der Waals surface area contributed by atoms with Crippen molar-refractivity contribution in [1.29, 1.82) is 0 Å². The highest BCUT2D eigenvalue weighted by Gasteiger charge is 2.28. The molecule has 0 bridgehead atoms. The van der Waals surface area contributed by atoms with Gasteiger partial charge >= 0.3 is 12.0 Å². The summed E-state index contributed by atoms with van der Waals surface area (Å²) in [5, 5.41) is 15.7. The molecule has 0 aromatic carbocycles. The molecule has 0 spiro atoms. The number of nitrogens with one attached hydrogen (secondary N) is 2. The number of Topliss-reactive ketones (excluding diaryl/α,β-unsaturated/α-hetero) is 1. The Morgan fingerprint density at radius 3 is 2.42 bits per heavy atom. The van der Waals surface area contributed by atoms with Gasteiger partial charge in [-0.2, -0.15) is 0 Å². The van der Waals surface area contributed by atoms with Crippen LogP contribution in [0.5, 0.6) is 0 Å². The first-order chi connectivity index (χ1) is 11.7. The summed E-state index contributed by atoms with van der Waals surface area (Å²) in [5.41, 5.74) is 2.24. The van der Waals surface area contributed by atoms with Crippen molar-refractivity contribution < 1.29 is 19.5 Å². The third-order valence-corrected chi connectivity index (χ3v) is 5.00. The number of carbonyl (C=O) groups is 3. The molecule has 10 heteroatoms. The van der Waals surface area contributed by atoms with E-state index in [4.69, 9.17) is 5.11 Å². The lowest BCUT2D eigenvalue weighted by Crippen LogP contribution is -2.47. The van der Waals surface area contributed by atoms with Crippen LogP contribution >= 0.6 is 24.2 Å². The molecule has 8 nitrogen and oxygen atoms in total. The highest BCUT2D eigenvalue weighted by Crippen LogP contribution is 2.17. The van der Waals surface area contributed by atoms with Gasteiger partial charge in [-0.15, -0.1) is 17.5 Å². The third kappa shape index (κ3) is 8.75. The van der Waals surface area contributed by atoms with Crippen molar-refractivity contribution in [3.8, 4) is 0 Å². The second kappa shape index (κ2) is 12.0. The first-order valence-corrected chi connectivity index (χ1v) is 9.44. The molecule has 1 heterocycles. The van der Waals surface area contributed by atoms with Gasteiger partial charge in [0.25, 0.3) is 0 Å². The minimum absolute atomic E-state index is 0. The Balaban J connectivity index is 0.00000625. The lowest BCUT2D eigenvalue weighted by Gasteiger charge is -2.20. The number of amidine groups is 1. The Labute approximate surface area is 164 Å². The first-order valence-electron chi connectivity index (χ1n) is 8.46. The van der Waals surface area contributed by atoms with Crippen LogP contribution < -0.4 is 10.7 Å². The van der Waals surface area contributed by atoms with Gasteiger partial charge < -0.3 is 15.3 Å². The van der Waals surface area contributed by atoms with Crippen molar-refractivity contribution in [2.24, 2.45) is 16.9 Å². The van der Waals surface area contributed by atoms with Gasteiger partial charge in [0.05, 0.1) is 0 Å². The predicted molar refractivity (Wildman–Crippen MR) is 106 cm³/mol. The summed E-state index contributed by atoms with van der Waals surface area (Å²) < 4.78 is 0. The molecule has 0 aromatic rings. The molecule has 2 atom stereocenters. The zero-order valence-corrected chi connectivity index (χ0v) is 17.3. The van der Waals surface area contributed by atoms with E-state index in [2.05, 4.69) is 29.7 Å². The number of amides is 2. The van der Waals surface area contributed by atoms with Crippen molar-refractivity contribution in [3.63, 3.8) is 0 Å². The van der Waals surface area contributed by atoms with Crippen LogP contribution in [0.4, 0.5) is 4.79 Å². The summed E-state index contributed by atoms with van der Waals surface area (Å²) in [6.45, 7) is 6.99. The second-order valence-corrected chi connectivity index (χ2v) is 7.85. The van der Waals surface area contributed by atoms with Gasteiger partial charge in [-0.05, 0) is 18.3 Å². The van der Waals surface area contributed by atoms with Gasteiger partial charge in [0, 0.05) is 19.3 Å². The van der Waals surface area contributed by atoms with Gasteiger partial charge in [0.2, 0.25) is 5.78 Å². The first kappa shape index (κ1) is 24.5. The number of rotatable bonds is 9. The van der Waals surface area contributed by atoms with Crippen LogP contribution in [0.2, 0.25) is 0 Å². The summed E-state index contributed by atoms with van der Waals surface area (Å²) in [5.74, 6) is -0.185. The lowest BCUT2D eigenvalue weighted by atomic mass is 9.92. The molecule has 1 rings (SSSR count). The smallest absolute Gasteiger partial charge is 0.405 e. The van der Waals surface area contributed by atoms with Crippen LogP contribution in [0.1, 0.15) is 40.0 Å². The lowest BCUT2D eigenvalue weighted by molar-refractivity contribution is -0.139. The van der Waals surface area contributed by atoms with Crippen LogP contribution in [0.25, 0.3) is 0 Å². The fourth-order valence-electron chi connectivity index (χ4n) is 2.43. The zero-order chi connectivity index (χ0) is 19.0. The average molecular weight is 409 g/mol. The maximum atomic E-state index is 12.3. The van der Waals surface area contributed by atoms with Crippen molar-refractivity contribution in [3.05, 3.63) is 0 Å². The summed E-state index contributed by atoms with van der Waals surface area (Å²) in [4.78, 5) is 37.2. The number of thioether (sulfide) groups is 1. The van der Waals surface area contributed by atoms with Crippen LogP contribution in [0.15, 0.2) is 5.10 Å². The average Bonchev–Trinajstić information content (AvgIpc) is 2.94. The topological polar surface area (TPSA) is 111 Å². The molecule has 0 saturated carbocycles. The van der Waals surface area contributed by atoms with Crippen molar-refractivity contribution in [2.45, 2.75) is 46.1 Å². The summed E-state index contributed by atoms with van der Waals surface area (Å²) in [6.07, 6.45) is 0.822. The molecule has 1 aliphatic rings. The highest BCUT2D eigenvalue weighted by atomic mass is 35.5. The molecule has 0 aromatic heterocycles. The SMILES string of the molecule is CC(C)CCC(C)CC(NC(=O)O)C(=O)C(=O)NN=C1SCCN1C.Cl. The minimum atomic E-state index is -1.32. The number of nitrogens with zero attached hydrogens (tertiary/aromatic N) is 2. The minimum Gasteiger partial charge on any atom is -0.465 e. The van der Waals surface area contributed by atoms with Gasteiger partial charge in [-0.1, -0.05) is 45.4 Å². The predicted octanol–water partition coefficient (Wildman–Crippen LogP) is 2.14. The van der Waals surface area contributed by atoms with E-state index >= 15 is 0 Å². The number of carboxylic acid groups (broad SMARTS) is 1. The molecule has 0 aliphatic carbocycles. The Kier molecular flexibility index (Phi) is 11.3. The highest BCUT2D eigenvalue weighted by molar-refractivity contribution is 8.14. The van der Waals surface area contributed by atoms with Crippen LogP contribution in [-0.2, 0) is 9.59 Å². The molecule has 0 radical (unpaired) electrons. The normalized spacial score (nSPS) is 17.6. The molecule has 2 amide bonds. The summed E-state index contributed by atoms with van der Waals surface area (Å²) >= 11 is 1.48. The van der Waals surface area contributed by atoms with E-state index in [0.717, 1.165) is 25.1 Å². The van der Waals surface area contributed by atoms with Crippen LogP contribution in [-0.4, -0.2) is 58.3 Å². The summed E-state index contributed by atoms with van der Waals surface area (Å²) in [7, 11) is 1.85. The molecule has 3 N–H and O–H groups in total. The molecular formula is C16H29ClN4O4S. The van der Waals surface area contributed by atoms with E-state index in [1.54, 1.807) is 0 Å². The van der Waals surface area contributed by atoms with E-state index in [-0.39, 0.29) is 24.7 Å². The number of hydrogen-bond acceptors (Lipinski definition) is 5. The molecule has 1 fully saturated rings. The number of hydrogen-bond donors (Lipinski definition) is 3. The molecule has 2 unspecified atom stereocenters. The van der Waals surface area contributed by atoms with Crippen molar-refractivity contribution >= 4 is 47.1 Å². The number of carbonyl (C=O) groups excluding carboxylic acids is 2. The Bertz CT molecular complexity index is 530. The Hall–Kier alpha value is -1.48. The largest absolute Gasteiger partial charge is 0.465 e. The second-order valence-electron chi connectivity index (χ2n) is 6.78. The molecule has 1 aliphatic heterocycles. The van der Waals surface area contributed by atoms with Gasteiger partial charge in [-0.3, -0.25) is 9.59 Å². The van der Waals surface area contributed by atoms with E-state index in [0.29, 0.717) is 11.1 Å². The molecular weight excluding hydrogens is 380 g/mol. The van der Waals surface area contributed by atoms with Gasteiger partial charge in [-0.25, -0.2) is 10.2 Å². The fraction of sp³-hybridized carbons (Fsp3) is 0.750. The monoisotopic (exact) mass is 408 g/mol. The van der Waals surface area contributed by atoms with E-state index in [9.17, 15) is 14.4 Å². The zero-order valence-electron chi connectivity index (χ0n) is 15.7. The maximum Gasteiger partial charge on any atom is 0.405 e. The Morgan fingerprint density at radius 1 is 1.27 bits per heavy atom. The van der Waals surface area contributed by atoms with Gasteiger partial charge in [0.1, 0.15) is 6.04 Å². The van der Waals surface area contributed by atoms with Crippen LogP contribution in [0.3, 0.4) is 0 Å². The molecule has 26 heavy (non-hydrogen) atoms. The Morgan fingerprint density at radius 2 is 1.92 bits per heavy atom. The fourth-order valence-corrected chi connectivity index (χ4v) is 3.40. The van der Waals surface area contributed by atoms with Gasteiger partial charge in [0.15, 0.2) is 5.17 Å². The van der Waals surface area contributed by atoms with Crippen molar-refractivity contribution in [1.82, 2.24) is 15.6 Å². The standard InChI is InChI=1S/C16H28N4O4S.ClH/c1-10(2)5-6-11(3)9-12(17-16(23)24)13(21)14(22)18-19-15-20(4)7-8-25-15;/h10-12,17H,5-9H2,1-4H3,(H,18,22)(H,23,24);1H. The van der Waals surface area contributed by atoms with Crippen LogP contribution in [0, 0.1) is 11.8 Å².